The van der Waals surface area contributed by atoms with Gasteiger partial charge in [-0.3, -0.25) is 0 Å². The summed E-state index contributed by atoms with van der Waals surface area (Å²) in [6.45, 7) is 3.13. The first-order chi connectivity index (χ1) is 14.2. The van der Waals surface area contributed by atoms with Crippen molar-refractivity contribution in [3.05, 3.63) is 70.7 Å². The smallest absolute Gasteiger partial charge is 0.324 e. The predicted octanol–water partition coefficient (Wildman–Crippen LogP) is 5.52. The molecule has 0 N–H and O–H groups in total. The average Bonchev–Trinajstić information content (AvgIpc) is 3.26. The van der Waals surface area contributed by atoms with E-state index in [1.54, 1.807) is 6.07 Å². The van der Waals surface area contributed by atoms with Gasteiger partial charge < -0.3 is 14.3 Å². The first-order valence-electron chi connectivity index (χ1n) is 9.46. The Bertz CT molecular complexity index is 1170. The second-order valence-corrected chi connectivity index (χ2v) is 7.79. The van der Waals surface area contributed by atoms with E-state index in [2.05, 4.69) is 44.2 Å². The summed E-state index contributed by atoms with van der Waals surface area (Å²) in [7, 11) is 0. The summed E-state index contributed by atoms with van der Waals surface area (Å²) in [4.78, 5) is 8.95. The Labute approximate surface area is 178 Å². The molecule has 2 heterocycles. The van der Waals surface area contributed by atoms with E-state index in [0.717, 1.165) is 42.8 Å². The lowest BCUT2D eigenvalue weighted by Gasteiger charge is -2.35. The molecule has 0 spiro atoms. The normalized spacial score (nSPS) is 14.6. The number of rotatable bonds is 3. The summed E-state index contributed by atoms with van der Waals surface area (Å²) >= 11 is 12.5. The standard InChI is InChI=1S/C22H18Cl2N4O/c23-18-6-3-7-19(20(18)24)27-10-12-28(13-11-27)22-25-21(26-29-22)17-9-8-15-4-1-2-5-16(15)14-17/h1-9,14H,10-13H2. The molecule has 1 aliphatic rings. The van der Waals surface area contributed by atoms with Crippen LogP contribution in [0.1, 0.15) is 0 Å². The van der Waals surface area contributed by atoms with Crippen LogP contribution in [0.2, 0.25) is 10.0 Å². The van der Waals surface area contributed by atoms with Crippen molar-refractivity contribution in [2.45, 2.75) is 0 Å². The number of benzene rings is 3. The van der Waals surface area contributed by atoms with Crippen LogP contribution in [0.4, 0.5) is 11.7 Å². The van der Waals surface area contributed by atoms with Crippen molar-refractivity contribution in [3.63, 3.8) is 0 Å². The number of aromatic nitrogens is 2. The van der Waals surface area contributed by atoms with Crippen LogP contribution in [0.5, 0.6) is 0 Å². The largest absolute Gasteiger partial charge is 0.367 e. The third kappa shape index (κ3) is 3.52. The maximum Gasteiger partial charge on any atom is 0.324 e. The van der Waals surface area contributed by atoms with Gasteiger partial charge in [-0.2, -0.15) is 4.98 Å². The highest BCUT2D eigenvalue weighted by Crippen LogP contribution is 2.33. The molecule has 0 aliphatic carbocycles. The molecule has 0 atom stereocenters. The van der Waals surface area contributed by atoms with Crippen molar-refractivity contribution in [3.8, 4) is 11.4 Å². The Morgan fingerprint density at radius 1 is 0.793 bits per heavy atom. The van der Waals surface area contributed by atoms with Gasteiger partial charge in [0, 0.05) is 31.7 Å². The van der Waals surface area contributed by atoms with Crippen LogP contribution in [0.15, 0.2) is 65.2 Å². The van der Waals surface area contributed by atoms with Gasteiger partial charge in [0.2, 0.25) is 5.82 Å². The highest BCUT2D eigenvalue weighted by molar-refractivity contribution is 6.43. The highest BCUT2D eigenvalue weighted by atomic mass is 35.5. The summed E-state index contributed by atoms with van der Waals surface area (Å²) < 4.78 is 5.55. The number of anilines is 2. The Morgan fingerprint density at radius 2 is 1.55 bits per heavy atom. The van der Waals surface area contributed by atoms with E-state index < -0.39 is 0 Å². The molecule has 4 aromatic rings. The average molecular weight is 425 g/mol. The number of halogens is 2. The molecule has 29 heavy (non-hydrogen) atoms. The molecular weight excluding hydrogens is 407 g/mol. The van der Waals surface area contributed by atoms with Gasteiger partial charge in [-0.05, 0) is 29.0 Å². The summed E-state index contributed by atoms with van der Waals surface area (Å²) in [6.07, 6.45) is 0. The van der Waals surface area contributed by atoms with Gasteiger partial charge >= 0.3 is 6.01 Å². The summed E-state index contributed by atoms with van der Waals surface area (Å²) in [5, 5.41) is 7.71. The van der Waals surface area contributed by atoms with Crippen LogP contribution in [0.25, 0.3) is 22.2 Å². The topological polar surface area (TPSA) is 45.4 Å². The molecule has 5 nitrogen and oxygen atoms in total. The van der Waals surface area contributed by atoms with Crippen molar-refractivity contribution < 1.29 is 4.52 Å². The first-order valence-corrected chi connectivity index (χ1v) is 10.2. The van der Waals surface area contributed by atoms with Gasteiger partial charge in [-0.1, -0.05) is 70.8 Å². The summed E-state index contributed by atoms with van der Waals surface area (Å²) in [6, 6.07) is 20.7. The van der Waals surface area contributed by atoms with Crippen LogP contribution < -0.4 is 9.80 Å². The first kappa shape index (κ1) is 18.3. The third-order valence-electron chi connectivity index (χ3n) is 5.25. The van der Waals surface area contributed by atoms with Crippen LogP contribution in [0.3, 0.4) is 0 Å². The van der Waals surface area contributed by atoms with E-state index in [0.29, 0.717) is 21.9 Å². The molecule has 1 saturated heterocycles. The predicted molar refractivity (Wildman–Crippen MR) is 118 cm³/mol. The van der Waals surface area contributed by atoms with E-state index in [4.69, 9.17) is 27.7 Å². The highest BCUT2D eigenvalue weighted by Gasteiger charge is 2.23. The summed E-state index contributed by atoms with van der Waals surface area (Å²) in [5.41, 5.74) is 1.91. The molecule has 1 aliphatic heterocycles. The second-order valence-electron chi connectivity index (χ2n) is 7.01. The molecule has 0 amide bonds. The van der Waals surface area contributed by atoms with Crippen LogP contribution >= 0.6 is 23.2 Å². The molecule has 1 aromatic heterocycles. The van der Waals surface area contributed by atoms with Crippen LogP contribution in [0, 0.1) is 0 Å². The Kier molecular flexibility index (Phi) is 4.78. The molecule has 146 valence electrons. The molecule has 0 unspecified atom stereocenters. The zero-order valence-electron chi connectivity index (χ0n) is 15.6. The van der Waals surface area contributed by atoms with Crippen molar-refractivity contribution >= 4 is 45.7 Å². The number of hydrogen-bond donors (Lipinski definition) is 0. The maximum atomic E-state index is 6.36. The van der Waals surface area contributed by atoms with Crippen molar-refractivity contribution in [2.75, 3.05) is 36.0 Å². The molecule has 5 rings (SSSR count). The van der Waals surface area contributed by atoms with E-state index >= 15 is 0 Å². The lowest BCUT2D eigenvalue weighted by Crippen LogP contribution is -2.46. The fourth-order valence-corrected chi connectivity index (χ4v) is 4.08. The molecule has 1 fully saturated rings. The van der Waals surface area contributed by atoms with Gasteiger partial charge in [-0.15, -0.1) is 0 Å². The molecular formula is C22H18Cl2N4O. The lowest BCUT2D eigenvalue weighted by molar-refractivity contribution is 0.409. The molecule has 7 heteroatoms. The van der Waals surface area contributed by atoms with Crippen molar-refractivity contribution in [1.29, 1.82) is 0 Å². The van der Waals surface area contributed by atoms with Crippen LogP contribution in [-0.4, -0.2) is 36.3 Å². The molecule has 3 aromatic carbocycles. The Morgan fingerprint density at radius 3 is 2.38 bits per heavy atom. The molecule has 0 radical (unpaired) electrons. The van der Waals surface area contributed by atoms with Crippen molar-refractivity contribution in [2.24, 2.45) is 0 Å². The van der Waals surface area contributed by atoms with E-state index in [1.807, 2.05) is 30.3 Å². The fraction of sp³-hybridized carbons (Fsp3) is 0.182. The zero-order valence-corrected chi connectivity index (χ0v) is 17.1. The Hall–Kier alpha value is -2.76. The quantitative estimate of drug-likeness (QED) is 0.432. The monoisotopic (exact) mass is 424 g/mol. The van der Waals surface area contributed by atoms with Gasteiger partial charge in [0.15, 0.2) is 0 Å². The van der Waals surface area contributed by atoms with Gasteiger partial charge in [0.25, 0.3) is 0 Å². The second kappa shape index (κ2) is 7.58. The van der Waals surface area contributed by atoms with Gasteiger partial charge in [-0.25, -0.2) is 0 Å². The molecule has 0 saturated carbocycles. The van der Waals surface area contributed by atoms with E-state index in [9.17, 15) is 0 Å². The van der Waals surface area contributed by atoms with Crippen LogP contribution in [-0.2, 0) is 0 Å². The number of nitrogens with zero attached hydrogens (tertiary/aromatic N) is 4. The molecule has 0 bridgehead atoms. The number of hydrogen-bond acceptors (Lipinski definition) is 5. The minimum atomic E-state index is 0.546. The van der Waals surface area contributed by atoms with Crippen molar-refractivity contribution in [1.82, 2.24) is 10.1 Å². The van der Waals surface area contributed by atoms with E-state index in [1.165, 1.54) is 5.39 Å². The Balaban J connectivity index is 1.32. The maximum absolute atomic E-state index is 6.36. The minimum Gasteiger partial charge on any atom is -0.367 e. The number of fused-ring (bicyclic) bond motifs is 1. The minimum absolute atomic E-state index is 0.546. The summed E-state index contributed by atoms with van der Waals surface area (Å²) in [5.74, 6) is 0.603. The third-order valence-corrected chi connectivity index (χ3v) is 6.05. The fourth-order valence-electron chi connectivity index (χ4n) is 3.66. The number of piperazine rings is 1. The van der Waals surface area contributed by atoms with Gasteiger partial charge in [0.1, 0.15) is 0 Å². The van der Waals surface area contributed by atoms with Gasteiger partial charge in [0.05, 0.1) is 15.7 Å². The zero-order chi connectivity index (χ0) is 19.8. The lowest BCUT2D eigenvalue weighted by atomic mass is 10.1. The SMILES string of the molecule is Clc1cccc(N2CCN(c3nc(-c4ccc5ccccc5c4)no3)CC2)c1Cl. The van der Waals surface area contributed by atoms with E-state index in [-0.39, 0.29) is 0 Å².